The quantitative estimate of drug-likeness (QED) is 0.848. The van der Waals surface area contributed by atoms with E-state index in [-0.39, 0.29) is 23.4 Å². The largest absolute Gasteiger partial charge is 0.490 e. The van der Waals surface area contributed by atoms with Crippen molar-refractivity contribution in [3.63, 3.8) is 0 Å². The standard InChI is InChI=1S/C20H23FN2O3/c1-13-4-5-15(11-18(13)21)20(25)23-8-6-16(7-9-23)26-17-10-14(2)22(3)19(24)12-17/h4-5,10-12,16H,6-9H2,1-3H3. The fourth-order valence-electron chi connectivity index (χ4n) is 3.08. The Labute approximate surface area is 152 Å². The molecule has 1 aromatic carbocycles. The number of nitrogens with zero attached hydrogens (tertiary/aromatic N) is 2. The van der Waals surface area contributed by atoms with E-state index in [0.29, 0.717) is 42.8 Å². The van der Waals surface area contributed by atoms with E-state index < -0.39 is 0 Å². The number of piperidine rings is 1. The predicted molar refractivity (Wildman–Crippen MR) is 97.1 cm³/mol. The van der Waals surface area contributed by atoms with Gasteiger partial charge in [-0.05, 0) is 37.6 Å². The van der Waals surface area contributed by atoms with Gasteiger partial charge in [0.05, 0.1) is 0 Å². The van der Waals surface area contributed by atoms with E-state index in [0.717, 1.165) is 5.69 Å². The fourth-order valence-corrected chi connectivity index (χ4v) is 3.08. The summed E-state index contributed by atoms with van der Waals surface area (Å²) in [5.41, 5.74) is 1.63. The van der Waals surface area contributed by atoms with E-state index in [2.05, 4.69) is 0 Å². The highest BCUT2D eigenvalue weighted by Crippen LogP contribution is 2.20. The Morgan fingerprint density at radius 3 is 2.46 bits per heavy atom. The number of aromatic nitrogens is 1. The third-order valence-corrected chi connectivity index (χ3v) is 4.93. The first-order valence-electron chi connectivity index (χ1n) is 8.75. The molecular weight excluding hydrogens is 335 g/mol. The number of amides is 1. The molecule has 138 valence electrons. The molecule has 0 unspecified atom stereocenters. The zero-order valence-corrected chi connectivity index (χ0v) is 15.3. The van der Waals surface area contributed by atoms with Crippen LogP contribution in [0.2, 0.25) is 0 Å². The number of hydrogen-bond donors (Lipinski definition) is 0. The minimum atomic E-state index is -0.366. The molecular formula is C20H23FN2O3. The van der Waals surface area contributed by atoms with Crippen LogP contribution in [0.15, 0.2) is 35.1 Å². The number of pyridine rings is 1. The van der Waals surface area contributed by atoms with E-state index in [9.17, 15) is 14.0 Å². The van der Waals surface area contributed by atoms with E-state index in [4.69, 9.17) is 4.74 Å². The summed E-state index contributed by atoms with van der Waals surface area (Å²) >= 11 is 0. The zero-order valence-electron chi connectivity index (χ0n) is 15.3. The monoisotopic (exact) mass is 358 g/mol. The summed E-state index contributed by atoms with van der Waals surface area (Å²) < 4.78 is 21.2. The van der Waals surface area contributed by atoms with Crippen molar-refractivity contribution in [3.8, 4) is 5.75 Å². The summed E-state index contributed by atoms with van der Waals surface area (Å²) in [4.78, 5) is 26.1. The Balaban J connectivity index is 1.61. The van der Waals surface area contributed by atoms with Crippen LogP contribution in [0, 0.1) is 19.7 Å². The summed E-state index contributed by atoms with van der Waals surface area (Å²) in [5.74, 6) is 0.0397. The lowest BCUT2D eigenvalue weighted by Crippen LogP contribution is -2.42. The van der Waals surface area contributed by atoms with Gasteiger partial charge in [0.25, 0.3) is 11.5 Å². The van der Waals surface area contributed by atoms with Crippen molar-refractivity contribution >= 4 is 5.91 Å². The average Bonchev–Trinajstić information content (AvgIpc) is 2.62. The second kappa shape index (κ2) is 7.32. The van der Waals surface area contributed by atoms with Crippen LogP contribution >= 0.6 is 0 Å². The Kier molecular flexibility index (Phi) is 5.11. The number of likely N-dealkylation sites (tertiary alicyclic amines) is 1. The molecule has 0 N–H and O–H groups in total. The minimum absolute atomic E-state index is 0.0414. The second-order valence-electron chi connectivity index (χ2n) is 6.80. The van der Waals surface area contributed by atoms with Gasteiger partial charge in [-0.2, -0.15) is 0 Å². The van der Waals surface area contributed by atoms with Crippen molar-refractivity contribution in [1.29, 1.82) is 0 Å². The zero-order chi connectivity index (χ0) is 18.8. The molecule has 0 saturated carbocycles. The minimum Gasteiger partial charge on any atom is -0.490 e. The number of rotatable bonds is 3. The third kappa shape index (κ3) is 3.79. The molecule has 0 radical (unpaired) electrons. The van der Waals surface area contributed by atoms with E-state index in [1.165, 1.54) is 12.1 Å². The highest BCUT2D eigenvalue weighted by molar-refractivity contribution is 5.94. The molecule has 0 bridgehead atoms. The maximum absolute atomic E-state index is 13.7. The maximum Gasteiger partial charge on any atom is 0.254 e. The van der Waals surface area contributed by atoms with E-state index in [1.54, 1.807) is 35.6 Å². The Hall–Kier alpha value is -2.63. The molecule has 0 spiro atoms. The first-order chi connectivity index (χ1) is 12.3. The molecule has 1 fully saturated rings. The maximum atomic E-state index is 13.7. The van der Waals surface area contributed by atoms with E-state index in [1.807, 2.05) is 13.0 Å². The van der Waals surface area contributed by atoms with Gasteiger partial charge in [0.1, 0.15) is 17.7 Å². The van der Waals surface area contributed by atoms with Crippen molar-refractivity contribution in [2.45, 2.75) is 32.8 Å². The topological polar surface area (TPSA) is 51.5 Å². The van der Waals surface area contributed by atoms with Crippen LogP contribution in [-0.2, 0) is 7.05 Å². The van der Waals surface area contributed by atoms with Gasteiger partial charge in [0.2, 0.25) is 0 Å². The molecule has 2 aromatic rings. The molecule has 6 heteroatoms. The van der Waals surface area contributed by atoms with Crippen molar-refractivity contribution < 1.29 is 13.9 Å². The van der Waals surface area contributed by atoms with Crippen molar-refractivity contribution in [2.24, 2.45) is 7.05 Å². The first kappa shape index (κ1) is 18.2. The highest BCUT2D eigenvalue weighted by Gasteiger charge is 2.25. The van der Waals surface area contributed by atoms with Crippen LogP contribution in [0.25, 0.3) is 0 Å². The number of carbonyl (C=O) groups excluding carboxylic acids is 1. The second-order valence-corrected chi connectivity index (χ2v) is 6.80. The highest BCUT2D eigenvalue weighted by atomic mass is 19.1. The first-order valence-corrected chi connectivity index (χ1v) is 8.75. The van der Waals surface area contributed by atoms with Gasteiger partial charge in [-0.25, -0.2) is 4.39 Å². The van der Waals surface area contributed by atoms with Crippen molar-refractivity contribution in [1.82, 2.24) is 9.47 Å². The van der Waals surface area contributed by atoms with Gasteiger partial charge in [0, 0.05) is 50.3 Å². The molecule has 1 aliphatic rings. The fraction of sp³-hybridized carbons (Fsp3) is 0.400. The molecule has 1 amide bonds. The van der Waals surface area contributed by atoms with Gasteiger partial charge < -0.3 is 14.2 Å². The molecule has 5 nitrogen and oxygen atoms in total. The van der Waals surface area contributed by atoms with Crippen LogP contribution in [0.4, 0.5) is 4.39 Å². The lowest BCUT2D eigenvalue weighted by Gasteiger charge is -2.32. The van der Waals surface area contributed by atoms with Gasteiger partial charge in [-0.3, -0.25) is 9.59 Å². The molecule has 1 aliphatic heterocycles. The van der Waals surface area contributed by atoms with Gasteiger partial charge in [0.15, 0.2) is 0 Å². The van der Waals surface area contributed by atoms with Crippen LogP contribution in [0.1, 0.15) is 34.5 Å². The Morgan fingerprint density at radius 2 is 1.85 bits per heavy atom. The summed E-state index contributed by atoms with van der Waals surface area (Å²) in [6.07, 6.45) is 1.31. The molecule has 3 rings (SSSR count). The number of carbonyl (C=O) groups is 1. The van der Waals surface area contributed by atoms with Crippen molar-refractivity contribution in [2.75, 3.05) is 13.1 Å². The van der Waals surface area contributed by atoms with Gasteiger partial charge >= 0.3 is 0 Å². The van der Waals surface area contributed by atoms with Gasteiger partial charge in [-0.1, -0.05) is 6.07 Å². The Morgan fingerprint density at radius 1 is 1.15 bits per heavy atom. The molecule has 26 heavy (non-hydrogen) atoms. The normalized spacial score (nSPS) is 15.2. The lowest BCUT2D eigenvalue weighted by atomic mass is 10.1. The number of benzene rings is 1. The molecule has 0 atom stereocenters. The van der Waals surface area contributed by atoms with Crippen LogP contribution < -0.4 is 10.3 Å². The van der Waals surface area contributed by atoms with E-state index >= 15 is 0 Å². The molecule has 2 heterocycles. The number of hydrogen-bond acceptors (Lipinski definition) is 3. The van der Waals surface area contributed by atoms with Crippen molar-refractivity contribution in [3.05, 3.63) is 63.3 Å². The number of aryl methyl sites for hydroxylation is 2. The van der Waals surface area contributed by atoms with Crippen LogP contribution in [0.3, 0.4) is 0 Å². The Bertz CT molecular complexity index is 883. The average molecular weight is 358 g/mol. The summed E-state index contributed by atoms with van der Waals surface area (Å²) in [7, 11) is 1.72. The SMILES string of the molecule is Cc1ccc(C(=O)N2CCC(Oc3cc(C)n(C)c(=O)c3)CC2)cc1F. The molecule has 0 aliphatic carbocycles. The van der Waals surface area contributed by atoms with Crippen LogP contribution in [-0.4, -0.2) is 34.6 Å². The summed E-state index contributed by atoms with van der Waals surface area (Å²) in [5, 5.41) is 0. The molecule has 1 aromatic heterocycles. The smallest absolute Gasteiger partial charge is 0.254 e. The number of halogens is 1. The van der Waals surface area contributed by atoms with Gasteiger partial charge in [-0.15, -0.1) is 0 Å². The summed E-state index contributed by atoms with van der Waals surface area (Å²) in [6, 6.07) is 7.90. The lowest BCUT2D eigenvalue weighted by molar-refractivity contribution is 0.0594. The number of ether oxygens (including phenoxy) is 1. The summed E-state index contributed by atoms with van der Waals surface area (Å²) in [6.45, 7) is 4.62. The van der Waals surface area contributed by atoms with Crippen LogP contribution in [0.5, 0.6) is 5.75 Å². The third-order valence-electron chi connectivity index (χ3n) is 4.93. The molecule has 1 saturated heterocycles. The predicted octanol–water partition coefficient (Wildman–Crippen LogP) is 2.82.